The van der Waals surface area contributed by atoms with Crippen LogP contribution in [0.3, 0.4) is 0 Å². The molecule has 12 heavy (non-hydrogen) atoms. The first-order valence-corrected chi connectivity index (χ1v) is 4.67. The largest absolute Gasteiger partial charge is 0.392 e. The number of aliphatic hydroxyl groups is 1. The van der Waals surface area contributed by atoms with Gasteiger partial charge in [0.1, 0.15) is 0 Å². The molecule has 72 valence electrons. The van der Waals surface area contributed by atoms with E-state index in [-0.39, 0.29) is 5.91 Å². The topological polar surface area (TPSA) is 40.5 Å². The van der Waals surface area contributed by atoms with Crippen LogP contribution in [0.1, 0.15) is 20.8 Å². The van der Waals surface area contributed by atoms with Crippen LogP contribution in [0, 0.1) is 0 Å². The van der Waals surface area contributed by atoms with Crippen LogP contribution in [-0.4, -0.2) is 39.9 Å². The van der Waals surface area contributed by atoms with Gasteiger partial charge in [-0.2, -0.15) is 0 Å². The number of amides is 1. The van der Waals surface area contributed by atoms with Crippen LogP contribution in [0.25, 0.3) is 0 Å². The van der Waals surface area contributed by atoms with Gasteiger partial charge in [0, 0.05) is 13.6 Å². The van der Waals surface area contributed by atoms with E-state index in [0.717, 1.165) is 0 Å². The summed E-state index contributed by atoms with van der Waals surface area (Å²) in [4.78, 5) is 13.0. The lowest BCUT2D eigenvalue weighted by molar-refractivity contribution is -0.132. The Bertz CT molecular complexity index is 163. The van der Waals surface area contributed by atoms with Gasteiger partial charge in [0.2, 0.25) is 5.91 Å². The SMILES string of the molecule is CC(O)CN(C)C(=O)C(C)(C)Br. The number of likely N-dealkylation sites (N-methyl/N-ethyl adjacent to an activating group) is 1. The lowest BCUT2D eigenvalue weighted by Gasteiger charge is -2.25. The maximum Gasteiger partial charge on any atom is 0.238 e. The monoisotopic (exact) mass is 237 g/mol. The van der Waals surface area contributed by atoms with E-state index in [4.69, 9.17) is 5.11 Å². The van der Waals surface area contributed by atoms with Crippen molar-refractivity contribution >= 4 is 21.8 Å². The number of halogens is 1. The fraction of sp³-hybridized carbons (Fsp3) is 0.875. The average Bonchev–Trinajstić information content (AvgIpc) is 1.82. The zero-order chi connectivity index (χ0) is 9.94. The molecule has 1 unspecified atom stereocenters. The molecule has 0 bridgehead atoms. The highest BCUT2D eigenvalue weighted by molar-refractivity contribution is 9.10. The number of rotatable bonds is 3. The Balaban J connectivity index is 4.12. The summed E-state index contributed by atoms with van der Waals surface area (Å²) in [6, 6.07) is 0. The van der Waals surface area contributed by atoms with Gasteiger partial charge in [-0.15, -0.1) is 0 Å². The zero-order valence-electron chi connectivity index (χ0n) is 7.97. The third-order valence-electron chi connectivity index (χ3n) is 1.39. The van der Waals surface area contributed by atoms with E-state index >= 15 is 0 Å². The predicted molar refractivity (Wildman–Crippen MR) is 52.3 cm³/mol. The first-order valence-electron chi connectivity index (χ1n) is 3.87. The van der Waals surface area contributed by atoms with Crippen molar-refractivity contribution in [2.75, 3.05) is 13.6 Å². The molecule has 0 fully saturated rings. The summed E-state index contributed by atoms with van der Waals surface area (Å²) in [6.45, 7) is 5.60. The lowest BCUT2D eigenvalue weighted by Crippen LogP contribution is -2.42. The second kappa shape index (κ2) is 4.23. The molecule has 0 heterocycles. The molecule has 1 N–H and O–H groups in total. The smallest absolute Gasteiger partial charge is 0.238 e. The van der Waals surface area contributed by atoms with Gasteiger partial charge in [-0.05, 0) is 20.8 Å². The third-order valence-corrected chi connectivity index (χ3v) is 1.73. The van der Waals surface area contributed by atoms with Crippen LogP contribution < -0.4 is 0 Å². The standard InChI is InChI=1S/C8H16BrNO2/c1-6(11)5-10(4)7(12)8(2,3)9/h6,11H,5H2,1-4H3. The molecule has 4 heteroatoms. The number of hydrogen-bond donors (Lipinski definition) is 1. The molecule has 1 atom stereocenters. The maximum absolute atomic E-state index is 11.5. The van der Waals surface area contributed by atoms with Crippen molar-refractivity contribution in [3.63, 3.8) is 0 Å². The Morgan fingerprint density at radius 1 is 1.67 bits per heavy atom. The van der Waals surface area contributed by atoms with Crippen LogP contribution in [-0.2, 0) is 4.79 Å². The summed E-state index contributed by atoms with van der Waals surface area (Å²) in [5.74, 6) is -0.0246. The van der Waals surface area contributed by atoms with Gasteiger partial charge in [-0.1, -0.05) is 15.9 Å². The maximum atomic E-state index is 11.5. The molecular weight excluding hydrogens is 222 g/mol. The van der Waals surface area contributed by atoms with E-state index in [0.29, 0.717) is 6.54 Å². The zero-order valence-corrected chi connectivity index (χ0v) is 9.55. The summed E-state index contributed by atoms with van der Waals surface area (Å²) < 4.78 is -0.545. The molecule has 0 saturated carbocycles. The number of carbonyl (C=O) groups is 1. The molecule has 0 saturated heterocycles. The minimum Gasteiger partial charge on any atom is -0.392 e. The van der Waals surface area contributed by atoms with Crippen molar-refractivity contribution < 1.29 is 9.90 Å². The molecule has 0 spiro atoms. The highest BCUT2D eigenvalue weighted by Crippen LogP contribution is 2.18. The van der Waals surface area contributed by atoms with Crippen molar-refractivity contribution in [3.8, 4) is 0 Å². The number of alkyl halides is 1. The minimum absolute atomic E-state index is 0.0246. The quantitative estimate of drug-likeness (QED) is 0.745. The third kappa shape index (κ3) is 4.07. The van der Waals surface area contributed by atoms with E-state index < -0.39 is 10.4 Å². The van der Waals surface area contributed by atoms with Crippen LogP contribution in [0.2, 0.25) is 0 Å². The molecule has 3 nitrogen and oxygen atoms in total. The van der Waals surface area contributed by atoms with E-state index in [1.807, 2.05) is 0 Å². The van der Waals surface area contributed by atoms with Crippen LogP contribution >= 0.6 is 15.9 Å². The van der Waals surface area contributed by atoms with Gasteiger partial charge < -0.3 is 10.0 Å². The molecular formula is C8H16BrNO2. The van der Waals surface area contributed by atoms with Gasteiger partial charge in [-0.3, -0.25) is 4.79 Å². The van der Waals surface area contributed by atoms with Crippen LogP contribution in [0.4, 0.5) is 0 Å². The molecule has 1 amide bonds. The highest BCUT2D eigenvalue weighted by atomic mass is 79.9. The van der Waals surface area contributed by atoms with Crippen molar-refractivity contribution in [1.82, 2.24) is 4.90 Å². The summed E-state index contributed by atoms with van der Waals surface area (Å²) in [7, 11) is 1.68. The van der Waals surface area contributed by atoms with Crippen LogP contribution in [0.5, 0.6) is 0 Å². The van der Waals surface area contributed by atoms with E-state index in [1.54, 1.807) is 27.8 Å². The van der Waals surface area contributed by atoms with E-state index in [1.165, 1.54) is 4.90 Å². The van der Waals surface area contributed by atoms with E-state index in [2.05, 4.69) is 15.9 Å². The molecule has 0 rings (SSSR count). The molecule has 0 aliphatic carbocycles. The summed E-state index contributed by atoms with van der Waals surface area (Å²) in [6.07, 6.45) is -0.478. The van der Waals surface area contributed by atoms with Gasteiger partial charge in [-0.25, -0.2) is 0 Å². The first kappa shape index (κ1) is 11.9. The minimum atomic E-state index is -0.545. The Morgan fingerprint density at radius 2 is 2.08 bits per heavy atom. The molecule has 0 aromatic carbocycles. The van der Waals surface area contributed by atoms with Crippen molar-refractivity contribution in [3.05, 3.63) is 0 Å². The molecule has 0 radical (unpaired) electrons. The van der Waals surface area contributed by atoms with Crippen molar-refractivity contribution in [1.29, 1.82) is 0 Å². The second-order valence-corrected chi connectivity index (χ2v) is 5.49. The van der Waals surface area contributed by atoms with Gasteiger partial charge in [0.05, 0.1) is 10.4 Å². The number of carbonyl (C=O) groups excluding carboxylic acids is 1. The molecule has 0 aliphatic rings. The fourth-order valence-electron chi connectivity index (χ4n) is 0.933. The Labute approximate surface area is 81.9 Å². The average molecular weight is 238 g/mol. The van der Waals surface area contributed by atoms with Gasteiger partial charge in [0.25, 0.3) is 0 Å². The summed E-state index contributed by atoms with van der Waals surface area (Å²) in [5.41, 5.74) is 0. The predicted octanol–water partition coefficient (Wildman–Crippen LogP) is 0.999. The molecule has 0 aromatic rings. The summed E-state index contributed by atoms with van der Waals surface area (Å²) in [5, 5.41) is 9.03. The van der Waals surface area contributed by atoms with Gasteiger partial charge in [0.15, 0.2) is 0 Å². The number of aliphatic hydroxyl groups excluding tert-OH is 1. The van der Waals surface area contributed by atoms with Crippen LogP contribution in [0.15, 0.2) is 0 Å². The summed E-state index contributed by atoms with van der Waals surface area (Å²) >= 11 is 3.26. The second-order valence-electron chi connectivity index (χ2n) is 3.51. The number of hydrogen-bond acceptors (Lipinski definition) is 2. The van der Waals surface area contributed by atoms with Crippen molar-refractivity contribution in [2.24, 2.45) is 0 Å². The Kier molecular flexibility index (Phi) is 4.20. The fourth-order valence-corrected chi connectivity index (χ4v) is 1.24. The normalized spacial score (nSPS) is 14.2. The number of nitrogens with zero attached hydrogens (tertiary/aromatic N) is 1. The Morgan fingerprint density at radius 3 is 2.33 bits per heavy atom. The highest BCUT2D eigenvalue weighted by Gasteiger charge is 2.27. The lowest BCUT2D eigenvalue weighted by atomic mass is 10.2. The first-order chi connectivity index (χ1) is 5.25. The van der Waals surface area contributed by atoms with E-state index in [9.17, 15) is 4.79 Å². The van der Waals surface area contributed by atoms with Crippen molar-refractivity contribution in [2.45, 2.75) is 31.2 Å². The molecule has 0 aliphatic heterocycles. The Hall–Kier alpha value is -0.0900. The molecule has 0 aromatic heterocycles. The van der Waals surface area contributed by atoms with Gasteiger partial charge >= 0.3 is 0 Å².